The van der Waals surface area contributed by atoms with E-state index in [0.29, 0.717) is 12.0 Å². The summed E-state index contributed by atoms with van der Waals surface area (Å²) in [5.41, 5.74) is -0.485. The summed E-state index contributed by atoms with van der Waals surface area (Å²) in [5.74, 6) is 0.297. The molecule has 3 fully saturated rings. The van der Waals surface area contributed by atoms with Crippen LogP contribution in [0.15, 0.2) is 30.3 Å². The topological polar surface area (TPSA) is 64.5 Å². The molecule has 4 nitrogen and oxygen atoms in total. The van der Waals surface area contributed by atoms with Crippen molar-refractivity contribution < 1.29 is 10.2 Å². The highest BCUT2D eigenvalue weighted by atomic mass is 16.3. The summed E-state index contributed by atoms with van der Waals surface area (Å²) in [6.45, 7) is 2.93. The highest BCUT2D eigenvalue weighted by Gasteiger charge is 2.54. The van der Waals surface area contributed by atoms with E-state index in [4.69, 9.17) is 0 Å². The SMILES string of the molecule is CC(O)(c1ccccc1)[C@@H]1CC(C2CCCC2(O)[C@@H]2CCCCN2)N1. The van der Waals surface area contributed by atoms with Crippen molar-refractivity contribution in [2.45, 2.75) is 81.2 Å². The molecular formula is C21H32N2O2. The molecule has 1 aromatic carbocycles. The molecule has 4 unspecified atom stereocenters. The molecule has 0 bridgehead atoms. The average molecular weight is 344 g/mol. The first-order chi connectivity index (χ1) is 12.0. The summed E-state index contributed by atoms with van der Waals surface area (Å²) < 4.78 is 0. The lowest BCUT2D eigenvalue weighted by molar-refractivity contribution is -0.0891. The maximum absolute atomic E-state index is 11.5. The third-order valence-corrected chi connectivity index (χ3v) is 7.08. The molecular weight excluding hydrogens is 312 g/mol. The maximum Gasteiger partial charge on any atom is 0.102 e. The smallest absolute Gasteiger partial charge is 0.102 e. The van der Waals surface area contributed by atoms with Gasteiger partial charge in [0.15, 0.2) is 0 Å². The Balaban J connectivity index is 1.43. The van der Waals surface area contributed by atoms with Gasteiger partial charge in [-0.15, -0.1) is 0 Å². The fourth-order valence-electron chi connectivity index (χ4n) is 5.44. The first-order valence-corrected chi connectivity index (χ1v) is 10.0. The van der Waals surface area contributed by atoms with Gasteiger partial charge in [-0.3, -0.25) is 0 Å². The minimum Gasteiger partial charge on any atom is -0.388 e. The van der Waals surface area contributed by atoms with Crippen LogP contribution in [-0.4, -0.2) is 40.5 Å². The molecule has 2 aliphatic heterocycles. The van der Waals surface area contributed by atoms with E-state index in [9.17, 15) is 10.2 Å². The summed E-state index contributed by atoms with van der Waals surface area (Å²) in [6, 6.07) is 10.5. The van der Waals surface area contributed by atoms with Crippen molar-refractivity contribution in [3.63, 3.8) is 0 Å². The minimum absolute atomic E-state index is 0.0593. The Hall–Kier alpha value is -0.940. The highest BCUT2D eigenvalue weighted by Crippen LogP contribution is 2.46. The predicted octanol–water partition coefficient (Wildman–Crippen LogP) is 2.30. The van der Waals surface area contributed by atoms with Crippen molar-refractivity contribution in [2.75, 3.05) is 6.54 Å². The van der Waals surface area contributed by atoms with Gasteiger partial charge in [0.25, 0.3) is 0 Å². The summed E-state index contributed by atoms with van der Waals surface area (Å²) in [4.78, 5) is 0. The number of benzene rings is 1. The summed E-state index contributed by atoms with van der Waals surface area (Å²) in [6.07, 6.45) is 7.57. The molecule has 1 saturated carbocycles. The van der Waals surface area contributed by atoms with Gasteiger partial charge in [0.1, 0.15) is 5.60 Å². The van der Waals surface area contributed by atoms with Gasteiger partial charge in [0.05, 0.1) is 5.60 Å². The van der Waals surface area contributed by atoms with Crippen LogP contribution in [0.1, 0.15) is 57.4 Å². The van der Waals surface area contributed by atoms with E-state index in [-0.39, 0.29) is 12.1 Å². The molecule has 4 heteroatoms. The van der Waals surface area contributed by atoms with Gasteiger partial charge in [-0.1, -0.05) is 43.2 Å². The second-order valence-electron chi connectivity index (χ2n) is 8.57. The maximum atomic E-state index is 11.5. The van der Waals surface area contributed by atoms with Crippen molar-refractivity contribution in [3.05, 3.63) is 35.9 Å². The number of nitrogens with one attached hydrogen (secondary N) is 2. The van der Waals surface area contributed by atoms with E-state index < -0.39 is 11.2 Å². The fourth-order valence-corrected chi connectivity index (χ4v) is 5.44. The van der Waals surface area contributed by atoms with E-state index in [1.54, 1.807) is 0 Å². The van der Waals surface area contributed by atoms with E-state index in [0.717, 1.165) is 44.2 Å². The Bertz CT molecular complexity index is 579. The molecule has 4 N–H and O–H groups in total. The molecule has 6 atom stereocenters. The lowest BCUT2D eigenvalue weighted by Crippen LogP contribution is -2.68. The van der Waals surface area contributed by atoms with Crippen LogP contribution < -0.4 is 10.6 Å². The van der Waals surface area contributed by atoms with E-state index >= 15 is 0 Å². The van der Waals surface area contributed by atoms with Crippen molar-refractivity contribution in [2.24, 2.45) is 5.92 Å². The van der Waals surface area contributed by atoms with E-state index in [1.807, 2.05) is 37.3 Å². The Morgan fingerprint density at radius 1 is 1.12 bits per heavy atom. The molecule has 1 aromatic rings. The number of aliphatic hydroxyl groups is 2. The van der Waals surface area contributed by atoms with Crippen LogP contribution in [0, 0.1) is 5.92 Å². The molecule has 4 rings (SSSR count). The quantitative estimate of drug-likeness (QED) is 0.677. The van der Waals surface area contributed by atoms with Crippen molar-refractivity contribution >= 4 is 0 Å². The standard InChI is InChI=1S/C21H32N2O2/c1-20(24,15-8-3-2-4-9-15)19-14-17(23-19)16-10-7-12-21(16,25)18-11-5-6-13-22-18/h2-4,8-9,16-19,22-25H,5-7,10-14H2,1H3/t16?,17?,18-,19-,20?,21?/m0/s1. The molecule has 0 spiro atoms. The summed E-state index contributed by atoms with van der Waals surface area (Å²) in [7, 11) is 0. The van der Waals surface area contributed by atoms with E-state index in [2.05, 4.69) is 10.6 Å². The number of piperidine rings is 1. The molecule has 1 aliphatic carbocycles. The fraction of sp³-hybridized carbons (Fsp3) is 0.714. The third kappa shape index (κ3) is 3.03. The second-order valence-corrected chi connectivity index (χ2v) is 8.57. The monoisotopic (exact) mass is 344 g/mol. The van der Waals surface area contributed by atoms with Gasteiger partial charge in [-0.05, 0) is 51.1 Å². The number of hydrogen-bond donors (Lipinski definition) is 4. The van der Waals surface area contributed by atoms with Gasteiger partial charge in [-0.2, -0.15) is 0 Å². The number of rotatable bonds is 4. The van der Waals surface area contributed by atoms with Crippen LogP contribution in [0.4, 0.5) is 0 Å². The zero-order valence-corrected chi connectivity index (χ0v) is 15.2. The van der Waals surface area contributed by atoms with Gasteiger partial charge in [-0.25, -0.2) is 0 Å². The first kappa shape index (κ1) is 17.5. The average Bonchev–Trinajstić information content (AvgIpc) is 2.98. The molecule has 25 heavy (non-hydrogen) atoms. The Morgan fingerprint density at radius 3 is 2.56 bits per heavy atom. The van der Waals surface area contributed by atoms with Crippen LogP contribution in [0.3, 0.4) is 0 Å². The van der Waals surface area contributed by atoms with Crippen molar-refractivity contribution in [3.8, 4) is 0 Å². The van der Waals surface area contributed by atoms with Crippen molar-refractivity contribution in [1.82, 2.24) is 10.6 Å². The molecule has 2 heterocycles. The lowest BCUT2D eigenvalue weighted by Gasteiger charge is -2.52. The van der Waals surface area contributed by atoms with Crippen molar-refractivity contribution in [1.29, 1.82) is 0 Å². The van der Waals surface area contributed by atoms with Gasteiger partial charge in [0, 0.05) is 24.0 Å². The van der Waals surface area contributed by atoms with Crippen LogP contribution in [-0.2, 0) is 5.60 Å². The van der Waals surface area contributed by atoms with Crippen LogP contribution in [0.5, 0.6) is 0 Å². The van der Waals surface area contributed by atoms with E-state index in [1.165, 1.54) is 12.8 Å². The zero-order chi connectivity index (χ0) is 17.5. The van der Waals surface area contributed by atoms with Crippen LogP contribution in [0.2, 0.25) is 0 Å². The molecule has 0 aromatic heterocycles. The second kappa shape index (κ2) is 6.66. The van der Waals surface area contributed by atoms with Gasteiger partial charge in [0.2, 0.25) is 0 Å². The summed E-state index contributed by atoms with van der Waals surface area (Å²) >= 11 is 0. The van der Waals surface area contributed by atoms with Crippen LogP contribution in [0.25, 0.3) is 0 Å². The van der Waals surface area contributed by atoms with Gasteiger partial charge < -0.3 is 20.8 Å². The molecule has 0 radical (unpaired) electrons. The molecule has 2 saturated heterocycles. The highest BCUT2D eigenvalue weighted by molar-refractivity contribution is 5.25. The molecule has 138 valence electrons. The molecule has 3 aliphatic rings. The van der Waals surface area contributed by atoms with Crippen LogP contribution >= 0.6 is 0 Å². The predicted molar refractivity (Wildman–Crippen MR) is 99.3 cm³/mol. The number of hydrogen-bond acceptors (Lipinski definition) is 4. The normalized spacial score (nSPS) is 41.1. The zero-order valence-electron chi connectivity index (χ0n) is 15.2. The Kier molecular flexibility index (Phi) is 4.65. The van der Waals surface area contributed by atoms with Gasteiger partial charge >= 0.3 is 0 Å². The minimum atomic E-state index is -0.864. The first-order valence-electron chi connectivity index (χ1n) is 10.0. The summed E-state index contributed by atoms with van der Waals surface area (Å²) in [5, 5.41) is 29.7. The third-order valence-electron chi connectivity index (χ3n) is 7.08. The Labute approximate surface area is 151 Å². The largest absolute Gasteiger partial charge is 0.388 e. The lowest BCUT2D eigenvalue weighted by atomic mass is 9.69. The Morgan fingerprint density at radius 2 is 1.88 bits per heavy atom. The molecule has 0 amide bonds.